The molecule has 3 N–H and O–H groups in total. The van der Waals surface area contributed by atoms with Crippen LogP contribution < -0.4 is 11.1 Å². The molecule has 0 saturated carbocycles. The van der Waals surface area contributed by atoms with Crippen molar-refractivity contribution in [3.05, 3.63) is 34.3 Å². The molecule has 0 saturated heterocycles. The van der Waals surface area contributed by atoms with Gasteiger partial charge in [-0.15, -0.1) is 0 Å². The van der Waals surface area contributed by atoms with Crippen molar-refractivity contribution in [2.45, 2.75) is 38.6 Å². The molecule has 1 unspecified atom stereocenters. The fraction of sp³-hybridized carbons (Fsp3) is 0.500. The van der Waals surface area contributed by atoms with Crippen LogP contribution in [0.1, 0.15) is 44.2 Å². The number of carbonyl (C=O) groups is 1. The number of nitrogens with one attached hydrogen (secondary N) is 1. The molecule has 100 valence electrons. The van der Waals surface area contributed by atoms with E-state index in [4.69, 9.17) is 5.73 Å². The number of hydrogen-bond acceptors (Lipinski definition) is 2. The minimum atomic E-state index is 0.100. The number of amides is 1. The zero-order valence-electron chi connectivity index (χ0n) is 10.8. The highest BCUT2D eigenvalue weighted by Crippen LogP contribution is 2.19. The molecule has 1 aromatic carbocycles. The third-order valence-corrected chi connectivity index (χ3v) is 3.40. The van der Waals surface area contributed by atoms with Crippen LogP contribution in [0.3, 0.4) is 0 Å². The Balaban J connectivity index is 2.51. The summed E-state index contributed by atoms with van der Waals surface area (Å²) in [6.07, 6.45) is 3.22. The Hall–Kier alpha value is -0.870. The van der Waals surface area contributed by atoms with E-state index in [1.807, 2.05) is 24.3 Å². The summed E-state index contributed by atoms with van der Waals surface area (Å²) in [5, 5.41) is 3.07. The van der Waals surface area contributed by atoms with Crippen LogP contribution in [0.25, 0.3) is 0 Å². The largest absolute Gasteiger partial charge is 0.349 e. The molecule has 3 nitrogen and oxygen atoms in total. The van der Waals surface area contributed by atoms with E-state index in [-0.39, 0.29) is 11.9 Å². The van der Waals surface area contributed by atoms with Gasteiger partial charge in [-0.1, -0.05) is 35.0 Å². The van der Waals surface area contributed by atoms with E-state index < -0.39 is 0 Å². The van der Waals surface area contributed by atoms with Crippen LogP contribution in [0.15, 0.2) is 28.7 Å². The van der Waals surface area contributed by atoms with Crippen LogP contribution in [0.2, 0.25) is 0 Å². The average molecular weight is 313 g/mol. The fourth-order valence-electron chi connectivity index (χ4n) is 1.81. The van der Waals surface area contributed by atoms with E-state index in [2.05, 4.69) is 28.2 Å². The number of unbranched alkanes of at least 4 members (excludes halogenated alkanes) is 1. The first-order valence-electron chi connectivity index (χ1n) is 6.42. The van der Waals surface area contributed by atoms with Crippen LogP contribution in [0.4, 0.5) is 0 Å². The van der Waals surface area contributed by atoms with Gasteiger partial charge in [-0.05, 0) is 43.5 Å². The number of halogens is 1. The smallest absolute Gasteiger partial charge is 0.220 e. The van der Waals surface area contributed by atoms with Crippen molar-refractivity contribution in [1.29, 1.82) is 0 Å². The summed E-state index contributed by atoms with van der Waals surface area (Å²) < 4.78 is 1.05. The maximum Gasteiger partial charge on any atom is 0.220 e. The summed E-state index contributed by atoms with van der Waals surface area (Å²) in [4.78, 5) is 11.8. The normalized spacial score (nSPS) is 12.2. The maximum atomic E-state index is 11.8. The van der Waals surface area contributed by atoms with Crippen molar-refractivity contribution in [3.63, 3.8) is 0 Å². The third kappa shape index (κ3) is 5.19. The lowest BCUT2D eigenvalue weighted by Crippen LogP contribution is -2.27. The zero-order valence-corrected chi connectivity index (χ0v) is 12.4. The molecule has 0 aliphatic heterocycles. The van der Waals surface area contributed by atoms with Gasteiger partial charge in [0.2, 0.25) is 5.91 Å². The minimum absolute atomic E-state index is 0.100. The highest BCUT2D eigenvalue weighted by molar-refractivity contribution is 9.10. The van der Waals surface area contributed by atoms with Crippen molar-refractivity contribution in [2.24, 2.45) is 5.73 Å². The topological polar surface area (TPSA) is 55.1 Å². The molecule has 0 radical (unpaired) electrons. The molecule has 0 fully saturated rings. The molecule has 1 aromatic rings. The minimum Gasteiger partial charge on any atom is -0.349 e. The average Bonchev–Trinajstić information content (AvgIpc) is 2.37. The van der Waals surface area contributed by atoms with E-state index in [1.54, 1.807) is 0 Å². The standard InChI is InChI=1S/C14H21BrN2O/c1-2-13(11-6-8-12(15)9-7-11)17-14(18)5-3-4-10-16/h6-9,13H,2-5,10,16H2,1H3,(H,17,18). The first kappa shape index (κ1) is 15.2. The molecule has 0 aliphatic rings. The Morgan fingerprint density at radius 1 is 1.33 bits per heavy atom. The predicted octanol–water partition coefficient (Wildman–Crippen LogP) is 3.15. The van der Waals surface area contributed by atoms with Gasteiger partial charge in [0.05, 0.1) is 6.04 Å². The van der Waals surface area contributed by atoms with Crippen molar-refractivity contribution in [3.8, 4) is 0 Å². The zero-order chi connectivity index (χ0) is 13.4. The predicted molar refractivity (Wildman–Crippen MR) is 78.2 cm³/mol. The molecule has 1 amide bonds. The summed E-state index contributed by atoms with van der Waals surface area (Å²) in [5.74, 6) is 0.109. The number of rotatable bonds is 7. The van der Waals surface area contributed by atoms with Gasteiger partial charge in [0.1, 0.15) is 0 Å². The monoisotopic (exact) mass is 312 g/mol. The third-order valence-electron chi connectivity index (χ3n) is 2.87. The van der Waals surface area contributed by atoms with Crippen LogP contribution >= 0.6 is 15.9 Å². The lowest BCUT2D eigenvalue weighted by molar-refractivity contribution is -0.122. The molecule has 0 heterocycles. The van der Waals surface area contributed by atoms with Gasteiger partial charge in [-0.25, -0.2) is 0 Å². The molecular weight excluding hydrogens is 292 g/mol. The molecule has 0 spiro atoms. The Labute approximate surface area is 117 Å². The van der Waals surface area contributed by atoms with Crippen molar-refractivity contribution >= 4 is 21.8 Å². The maximum absolute atomic E-state index is 11.8. The number of hydrogen-bond donors (Lipinski definition) is 2. The van der Waals surface area contributed by atoms with Gasteiger partial charge in [0.15, 0.2) is 0 Å². The second-order valence-electron chi connectivity index (χ2n) is 4.33. The second-order valence-corrected chi connectivity index (χ2v) is 5.24. The van der Waals surface area contributed by atoms with Gasteiger partial charge in [-0.2, -0.15) is 0 Å². The molecule has 0 bridgehead atoms. The van der Waals surface area contributed by atoms with E-state index >= 15 is 0 Å². The van der Waals surface area contributed by atoms with Crippen molar-refractivity contribution < 1.29 is 4.79 Å². The quantitative estimate of drug-likeness (QED) is 0.760. The van der Waals surface area contributed by atoms with Crippen molar-refractivity contribution in [1.82, 2.24) is 5.32 Å². The molecule has 18 heavy (non-hydrogen) atoms. The Morgan fingerprint density at radius 3 is 2.56 bits per heavy atom. The van der Waals surface area contributed by atoms with Crippen molar-refractivity contribution in [2.75, 3.05) is 6.54 Å². The van der Waals surface area contributed by atoms with E-state index in [0.29, 0.717) is 13.0 Å². The molecule has 1 rings (SSSR count). The molecule has 0 aliphatic carbocycles. The van der Waals surface area contributed by atoms with Gasteiger partial charge in [0, 0.05) is 10.9 Å². The Kier molecular flexibility index (Phi) is 6.98. The van der Waals surface area contributed by atoms with E-state index in [9.17, 15) is 4.79 Å². The van der Waals surface area contributed by atoms with Gasteiger partial charge >= 0.3 is 0 Å². The molecule has 4 heteroatoms. The van der Waals surface area contributed by atoms with Crippen LogP contribution in [-0.2, 0) is 4.79 Å². The lowest BCUT2D eigenvalue weighted by Gasteiger charge is -2.17. The van der Waals surface area contributed by atoms with Crippen LogP contribution in [-0.4, -0.2) is 12.5 Å². The first-order valence-corrected chi connectivity index (χ1v) is 7.21. The van der Waals surface area contributed by atoms with Gasteiger partial charge in [-0.3, -0.25) is 4.79 Å². The second kappa shape index (κ2) is 8.27. The number of benzene rings is 1. The molecular formula is C14H21BrN2O. The van der Waals surface area contributed by atoms with E-state index in [1.165, 1.54) is 0 Å². The number of carbonyl (C=O) groups excluding carboxylic acids is 1. The Morgan fingerprint density at radius 2 is 2.00 bits per heavy atom. The van der Waals surface area contributed by atoms with E-state index in [0.717, 1.165) is 29.3 Å². The summed E-state index contributed by atoms with van der Waals surface area (Å²) in [6, 6.07) is 8.18. The fourth-order valence-corrected chi connectivity index (χ4v) is 2.08. The summed E-state index contributed by atoms with van der Waals surface area (Å²) in [5.41, 5.74) is 6.56. The van der Waals surface area contributed by atoms with Crippen LogP contribution in [0, 0.1) is 0 Å². The van der Waals surface area contributed by atoms with Crippen LogP contribution in [0.5, 0.6) is 0 Å². The molecule has 0 aromatic heterocycles. The SMILES string of the molecule is CCC(NC(=O)CCCCN)c1ccc(Br)cc1. The summed E-state index contributed by atoms with van der Waals surface area (Å²) >= 11 is 3.41. The summed E-state index contributed by atoms with van der Waals surface area (Å²) in [7, 11) is 0. The highest BCUT2D eigenvalue weighted by atomic mass is 79.9. The molecule has 1 atom stereocenters. The Bertz CT molecular complexity index is 365. The first-order chi connectivity index (χ1) is 8.67. The van der Waals surface area contributed by atoms with Gasteiger partial charge in [0.25, 0.3) is 0 Å². The number of nitrogens with two attached hydrogens (primary N) is 1. The highest BCUT2D eigenvalue weighted by Gasteiger charge is 2.12. The summed E-state index contributed by atoms with van der Waals surface area (Å²) in [6.45, 7) is 2.73. The van der Waals surface area contributed by atoms with Gasteiger partial charge < -0.3 is 11.1 Å². The lowest BCUT2D eigenvalue weighted by atomic mass is 10.0.